The molecule has 0 aliphatic carbocycles. The van der Waals surface area contributed by atoms with Crippen molar-refractivity contribution in [2.75, 3.05) is 0 Å². The first-order chi connectivity index (χ1) is 7.74. The summed E-state index contributed by atoms with van der Waals surface area (Å²) in [6, 6.07) is 13.9. The van der Waals surface area contributed by atoms with Gasteiger partial charge in [0.15, 0.2) is 0 Å². The van der Waals surface area contributed by atoms with E-state index in [1.165, 1.54) is 0 Å². The Bertz CT molecular complexity index is 550. The molecule has 0 heterocycles. The number of fused-ring (bicyclic) bond motifs is 1. The minimum atomic E-state index is 0.333. The Morgan fingerprint density at radius 1 is 1.00 bits per heavy atom. The van der Waals surface area contributed by atoms with Gasteiger partial charge < -0.3 is 5.41 Å². The lowest BCUT2D eigenvalue weighted by Gasteiger charge is -2.07. The van der Waals surface area contributed by atoms with Crippen LogP contribution in [-0.4, -0.2) is 11.4 Å². The molecule has 16 heavy (non-hydrogen) atoms. The van der Waals surface area contributed by atoms with Gasteiger partial charge in [-0.15, -0.1) is 0 Å². The van der Waals surface area contributed by atoms with E-state index >= 15 is 0 Å². The zero-order valence-electron chi connectivity index (χ0n) is 9.25. The highest BCUT2D eigenvalue weighted by Gasteiger charge is 2.09. The second-order valence-corrected chi connectivity index (χ2v) is 3.73. The molecule has 0 unspecified atom stereocenters. The maximum absolute atomic E-state index is 7.99. The Labute approximate surface area is 94.9 Å². The molecule has 0 aromatic heterocycles. The maximum atomic E-state index is 7.99. The van der Waals surface area contributed by atoms with Gasteiger partial charge in [-0.25, -0.2) is 0 Å². The Morgan fingerprint density at radius 3 is 2.44 bits per heavy atom. The molecule has 0 bridgehead atoms. The smallest absolute Gasteiger partial charge is 0.0825 e. The Kier molecular flexibility index (Phi) is 2.82. The highest BCUT2D eigenvalue weighted by molar-refractivity contribution is 6.47. The Morgan fingerprint density at radius 2 is 1.69 bits per heavy atom. The van der Waals surface area contributed by atoms with Gasteiger partial charge >= 0.3 is 0 Å². The minimum absolute atomic E-state index is 0.333. The van der Waals surface area contributed by atoms with Crippen molar-refractivity contribution in [1.82, 2.24) is 0 Å². The normalized spacial score (nSPS) is 10.3. The third-order valence-electron chi connectivity index (χ3n) is 2.71. The predicted molar refractivity (Wildman–Crippen MR) is 68.8 cm³/mol. The van der Waals surface area contributed by atoms with Gasteiger partial charge in [0.1, 0.15) is 0 Å². The van der Waals surface area contributed by atoms with Gasteiger partial charge in [-0.1, -0.05) is 49.4 Å². The molecule has 0 amide bonds. The fraction of sp³-hybridized carbons (Fsp3) is 0.143. The summed E-state index contributed by atoms with van der Waals surface area (Å²) in [5.41, 5.74) is 1.57. The van der Waals surface area contributed by atoms with Crippen molar-refractivity contribution in [3.63, 3.8) is 0 Å². The van der Waals surface area contributed by atoms with Crippen LogP contribution in [0.5, 0.6) is 0 Å². The van der Waals surface area contributed by atoms with Crippen LogP contribution in [0.3, 0.4) is 0 Å². The van der Waals surface area contributed by atoms with E-state index in [0.717, 1.165) is 16.3 Å². The number of hydrogen-bond acceptors (Lipinski definition) is 2. The van der Waals surface area contributed by atoms with Crippen LogP contribution in [0.1, 0.15) is 18.9 Å². The molecule has 0 aliphatic rings. The molecule has 2 nitrogen and oxygen atoms in total. The van der Waals surface area contributed by atoms with E-state index in [0.29, 0.717) is 17.8 Å². The van der Waals surface area contributed by atoms with Crippen molar-refractivity contribution in [2.45, 2.75) is 13.3 Å². The van der Waals surface area contributed by atoms with Crippen molar-refractivity contribution < 1.29 is 0 Å². The van der Waals surface area contributed by atoms with Gasteiger partial charge in [0.2, 0.25) is 0 Å². The molecule has 0 fully saturated rings. The fourth-order valence-electron chi connectivity index (χ4n) is 1.78. The molecule has 2 aromatic carbocycles. The standard InChI is InChI=1S/C14H14N2/c1-2-13(15)14(16)12-9-5-7-10-6-3-4-8-11(10)12/h3-9,15-16H,2H2,1H3. The van der Waals surface area contributed by atoms with Crippen LogP contribution in [-0.2, 0) is 0 Å². The van der Waals surface area contributed by atoms with Crippen LogP contribution in [0, 0.1) is 10.8 Å². The average Bonchev–Trinajstić information content (AvgIpc) is 2.36. The SMILES string of the molecule is CCC(=N)C(=N)c1cccc2ccccc12. The summed E-state index contributed by atoms with van der Waals surface area (Å²) in [4.78, 5) is 0. The number of rotatable bonds is 3. The van der Waals surface area contributed by atoms with Gasteiger partial charge in [0.25, 0.3) is 0 Å². The van der Waals surface area contributed by atoms with Crippen LogP contribution in [0.4, 0.5) is 0 Å². The second kappa shape index (κ2) is 4.27. The summed E-state index contributed by atoms with van der Waals surface area (Å²) in [5.74, 6) is 0. The summed E-state index contributed by atoms with van der Waals surface area (Å²) >= 11 is 0. The van der Waals surface area contributed by atoms with Crippen molar-refractivity contribution in [1.29, 1.82) is 10.8 Å². The predicted octanol–water partition coefficient (Wildman–Crippen LogP) is 3.64. The second-order valence-electron chi connectivity index (χ2n) is 3.73. The van der Waals surface area contributed by atoms with E-state index in [-0.39, 0.29) is 0 Å². The summed E-state index contributed by atoms with van der Waals surface area (Å²) in [7, 11) is 0. The maximum Gasteiger partial charge on any atom is 0.0825 e. The zero-order valence-corrected chi connectivity index (χ0v) is 9.25. The molecule has 0 spiro atoms. The zero-order chi connectivity index (χ0) is 11.5. The largest absolute Gasteiger partial charge is 0.303 e. The Hall–Kier alpha value is -1.96. The quantitative estimate of drug-likeness (QED) is 0.727. The van der Waals surface area contributed by atoms with Gasteiger partial charge in [0.05, 0.1) is 11.4 Å². The Balaban J connectivity index is 2.61. The molecule has 0 saturated carbocycles. The first-order valence-electron chi connectivity index (χ1n) is 5.38. The first kappa shape index (κ1) is 10.6. The number of hydrogen-bond donors (Lipinski definition) is 2. The summed E-state index contributed by atoms with van der Waals surface area (Å²) in [6.07, 6.45) is 0.599. The highest BCUT2D eigenvalue weighted by Crippen LogP contribution is 2.19. The van der Waals surface area contributed by atoms with Gasteiger partial charge in [-0.3, -0.25) is 5.41 Å². The summed E-state index contributed by atoms with van der Waals surface area (Å²) in [6.45, 7) is 1.90. The number of benzene rings is 2. The van der Waals surface area contributed by atoms with Crippen LogP contribution in [0.2, 0.25) is 0 Å². The number of nitrogens with one attached hydrogen (secondary N) is 2. The average molecular weight is 210 g/mol. The van der Waals surface area contributed by atoms with E-state index < -0.39 is 0 Å². The van der Waals surface area contributed by atoms with Crippen molar-refractivity contribution >= 4 is 22.2 Å². The van der Waals surface area contributed by atoms with Crippen LogP contribution in [0.25, 0.3) is 10.8 Å². The lowest BCUT2D eigenvalue weighted by Crippen LogP contribution is -2.12. The van der Waals surface area contributed by atoms with Crippen LogP contribution >= 0.6 is 0 Å². The molecule has 2 aromatic rings. The lowest BCUT2D eigenvalue weighted by atomic mass is 9.98. The third kappa shape index (κ3) is 1.74. The van der Waals surface area contributed by atoms with Crippen molar-refractivity contribution in [3.8, 4) is 0 Å². The molecule has 2 rings (SSSR count). The van der Waals surface area contributed by atoms with E-state index in [9.17, 15) is 0 Å². The molecule has 80 valence electrons. The topological polar surface area (TPSA) is 47.7 Å². The third-order valence-corrected chi connectivity index (χ3v) is 2.71. The molecule has 2 heteroatoms. The molecule has 0 radical (unpaired) electrons. The van der Waals surface area contributed by atoms with E-state index in [1.807, 2.05) is 49.4 Å². The molecular formula is C14H14N2. The van der Waals surface area contributed by atoms with E-state index in [2.05, 4.69) is 0 Å². The van der Waals surface area contributed by atoms with Crippen LogP contribution < -0.4 is 0 Å². The van der Waals surface area contributed by atoms with Crippen molar-refractivity contribution in [2.24, 2.45) is 0 Å². The minimum Gasteiger partial charge on any atom is -0.303 e. The van der Waals surface area contributed by atoms with E-state index in [4.69, 9.17) is 10.8 Å². The first-order valence-corrected chi connectivity index (χ1v) is 5.38. The van der Waals surface area contributed by atoms with Crippen molar-refractivity contribution in [3.05, 3.63) is 48.0 Å². The van der Waals surface area contributed by atoms with Gasteiger partial charge in [0, 0.05) is 5.56 Å². The van der Waals surface area contributed by atoms with E-state index in [1.54, 1.807) is 0 Å². The van der Waals surface area contributed by atoms with Crippen LogP contribution in [0.15, 0.2) is 42.5 Å². The molecule has 0 atom stereocenters. The molecular weight excluding hydrogens is 196 g/mol. The van der Waals surface area contributed by atoms with Gasteiger partial charge in [-0.05, 0) is 17.2 Å². The lowest BCUT2D eigenvalue weighted by molar-refractivity contribution is 1.26. The molecule has 2 N–H and O–H groups in total. The van der Waals surface area contributed by atoms with Gasteiger partial charge in [-0.2, -0.15) is 0 Å². The summed E-state index contributed by atoms with van der Waals surface area (Å²) in [5, 5.41) is 17.9. The fourth-order valence-corrected chi connectivity index (χ4v) is 1.78. The monoisotopic (exact) mass is 210 g/mol. The molecule has 0 saturated heterocycles. The summed E-state index contributed by atoms with van der Waals surface area (Å²) < 4.78 is 0. The highest BCUT2D eigenvalue weighted by atomic mass is 14.5. The molecule has 0 aliphatic heterocycles.